The van der Waals surface area contributed by atoms with Crippen LogP contribution in [0.4, 0.5) is 0 Å². The molecule has 1 aromatic heterocycles. The fourth-order valence-corrected chi connectivity index (χ4v) is 2.80. The van der Waals surface area contributed by atoms with Crippen LogP contribution in [-0.4, -0.2) is 52.3 Å². The lowest BCUT2D eigenvalue weighted by Gasteiger charge is -2.44. The normalized spacial score (nSPS) is 19.2. The molecule has 1 aromatic rings. The lowest BCUT2D eigenvalue weighted by atomic mass is 9.90. The van der Waals surface area contributed by atoms with E-state index >= 15 is 0 Å². The molecule has 0 amide bonds. The first-order valence-corrected chi connectivity index (χ1v) is 7.64. The summed E-state index contributed by atoms with van der Waals surface area (Å²) < 4.78 is 7.65. The zero-order valence-electron chi connectivity index (χ0n) is 13.0. The highest BCUT2D eigenvalue weighted by Crippen LogP contribution is 2.21. The average molecular weight is 280 g/mol. The maximum Gasteiger partial charge on any atom is 0.110 e. The van der Waals surface area contributed by atoms with Crippen molar-refractivity contribution in [3.05, 3.63) is 18.2 Å². The third-order valence-electron chi connectivity index (χ3n) is 4.40. The van der Waals surface area contributed by atoms with Gasteiger partial charge < -0.3 is 15.0 Å². The number of morpholine rings is 1. The van der Waals surface area contributed by atoms with Crippen molar-refractivity contribution in [2.75, 3.05) is 26.3 Å². The predicted octanol–water partition coefficient (Wildman–Crippen LogP) is 1.27. The van der Waals surface area contributed by atoms with Crippen LogP contribution >= 0.6 is 0 Å². The zero-order chi connectivity index (χ0) is 14.6. The molecule has 0 aromatic carbocycles. The molecule has 1 fully saturated rings. The summed E-state index contributed by atoms with van der Waals surface area (Å²) in [6.45, 7) is 11.2. The summed E-state index contributed by atoms with van der Waals surface area (Å²) in [5.74, 6) is 1.10. The minimum absolute atomic E-state index is 0.0349. The Hall–Kier alpha value is -0.910. The third kappa shape index (κ3) is 3.40. The molecule has 114 valence electrons. The van der Waals surface area contributed by atoms with E-state index in [4.69, 9.17) is 10.5 Å². The first-order chi connectivity index (χ1) is 9.55. The topological polar surface area (TPSA) is 56.3 Å². The third-order valence-corrected chi connectivity index (χ3v) is 4.40. The Labute approximate surface area is 122 Å². The van der Waals surface area contributed by atoms with E-state index in [0.717, 1.165) is 51.5 Å². The second kappa shape index (κ2) is 6.70. The lowest BCUT2D eigenvalue weighted by Crippen LogP contribution is -2.59. The van der Waals surface area contributed by atoms with Crippen LogP contribution in [0.15, 0.2) is 12.4 Å². The molecule has 0 radical (unpaired) electrons. The SMILES string of the molecule is CCCn1ccnc1CC(N)C(C)(C)N1CCOCC1. The van der Waals surface area contributed by atoms with Gasteiger partial charge in [-0.3, -0.25) is 4.90 Å². The summed E-state index contributed by atoms with van der Waals surface area (Å²) in [5.41, 5.74) is 6.47. The minimum atomic E-state index is -0.0349. The Balaban J connectivity index is 2.02. The number of nitrogens with zero attached hydrogens (tertiary/aromatic N) is 3. The summed E-state index contributed by atoms with van der Waals surface area (Å²) in [6.07, 6.45) is 5.86. The Morgan fingerprint density at radius 3 is 2.75 bits per heavy atom. The monoisotopic (exact) mass is 280 g/mol. The van der Waals surface area contributed by atoms with E-state index in [-0.39, 0.29) is 11.6 Å². The van der Waals surface area contributed by atoms with Crippen LogP contribution in [0.1, 0.15) is 33.0 Å². The van der Waals surface area contributed by atoms with E-state index in [9.17, 15) is 0 Å². The molecule has 20 heavy (non-hydrogen) atoms. The molecule has 5 heteroatoms. The maximum atomic E-state index is 6.50. The Bertz CT molecular complexity index is 410. The quantitative estimate of drug-likeness (QED) is 0.852. The highest BCUT2D eigenvalue weighted by atomic mass is 16.5. The zero-order valence-corrected chi connectivity index (χ0v) is 13.0. The predicted molar refractivity (Wildman–Crippen MR) is 80.7 cm³/mol. The van der Waals surface area contributed by atoms with Gasteiger partial charge in [-0.2, -0.15) is 0 Å². The summed E-state index contributed by atoms with van der Waals surface area (Å²) in [6, 6.07) is 0.0682. The molecular formula is C15H28N4O. The van der Waals surface area contributed by atoms with Gasteiger partial charge in [0, 0.05) is 50.0 Å². The van der Waals surface area contributed by atoms with Crippen molar-refractivity contribution in [2.45, 2.75) is 51.7 Å². The number of hydrogen-bond donors (Lipinski definition) is 1. The fraction of sp³-hybridized carbons (Fsp3) is 0.800. The first kappa shape index (κ1) is 15.5. The van der Waals surface area contributed by atoms with Crippen molar-refractivity contribution in [2.24, 2.45) is 5.73 Å². The van der Waals surface area contributed by atoms with Gasteiger partial charge >= 0.3 is 0 Å². The van der Waals surface area contributed by atoms with Crippen LogP contribution in [0.2, 0.25) is 0 Å². The molecule has 0 bridgehead atoms. The highest BCUT2D eigenvalue weighted by Gasteiger charge is 2.34. The number of aryl methyl sites for hydroxylation is 1. The maximum absolute atomic E-state index is 6.50. The van der Waals surface area contributed by atoms with E-state index in [0.29, 0.717) is 0 Å². The molecule has 1 saturated heterocycles. The number of nitrogens with two attached hydrogens (primary N) is 1. The molecule has 1 atom stereocenters. The van der Waals surface area contributed by atoms with Gasteiger partial charge in [-0.25, -0.2) is 4.98 Å². The Kier molecular flexibility index (Phi) is 5.18. The summed E-state index contributed by atoms with van der Waals surface area (Å²) in [5, 5.41) is 0. The second-order valence-electron chi connectivity index (χ2n) is 6.10. The van der Waals surface area contributed by atoms with E-state index in [2.05, 4.69) is 35.2 Å². The number of aromatic nitrogens is 2. The van der Waals surface area contributed by atoms with Gasteiger partial charge in [0.2, 0.25) is 0 Å². The van der Waals surface area contributed by atoms with Gasteiger partial charge in [0.15, 0.2) is 0 Å². The second-order valence-corrected chi connectivity index (χ2v) is 6.10. The van der Waals surface area contributed by atoms with Gasteiger partial charge in [0.1, 0.15) is 5.82 Å². The molecule has 2 heterocycles. The molecule has 0 aliphatic carbocycles. The van der Waals surface area contributed by atoms with Gasteiger partial charge in [-0.05, 0) is 20.3 Å². The molecule has 1 aliphatic rings. The first-order valence-electron chi connectivity index (χ1n) is 7.64. The van der Waals surface area contributed by atoms with Crippen LogP contribution in [0.3, 0.4) is 0 Å². The van der Waals surface area contributed by atoms with Crippen molar-refractivity contribution in [1.82, 2.24) is 14.5 Å². The van der Waals surface area contributed by atoms with Gasteiger partial charge in [0.25, 0.3) is 0 Å². The molecule has 2 N–H and O–H groups in total. The molecule has 0 saturated carbocycles. The van der Waals surface area contributed by atoms with Crippen LogP contribution < -0.4 is 5.73 Å². The molecule has 0 spiro atoms. The van der Waals surface area contributed by atoms with Crippen LogP contribution in [0, 0.1) is 0 Å². The summed E-state index contributed by atoms with van der Waals surface area (Å²) in [7, 11) is 0. The van der Waals surface area contributed by atoms with Crippen molar-refractivity contribution >= 4 is 0 Å². The van der Waals surface area contributed by atoms with Crippen molar-refractivity contribution < 1.29 is 4.74 Å². The molecule has 5 nitrogen and oxygen atoms in total. The molecular weight excluding hydrogens is 252 g/mol. The van der Waals surface area contributed by atoms with E-state index < -0.39 is 0 Å². The van der Waals surface area contributed by atoms with Crippen LogP contribution in [0.25, 0.3) is 0 Å². The van der Waals surface area contributed by atoms with Gasteiger partial charge in [-0.1, -0.05) is 6.92 Å². The average Bonchev–Trinajstić information content (AvgIpc) is 2.87. The summed E-state index contributed by atoms with van der Waals surface area (Å²) >= 11 is 0. The fourth-order valence-electron chi connectivity index (χ4n) is 2.80. The highest BCUT2D eigenvalue weighted by molar-refractivity contribution is 5.02. The molecule has 2 rings (SSSR count). The van der Waals surface area contributed by atoms with E-state index in [1.807, 2.05) is 12.4 Å². The van der Waals surface area contributed by atoms with Gasteiger partial charge in [0.05, 0.1) is 13.2 Å². The van der Waals surface area contributed by atoms with Gasteiger partial charge in [-0.15, -0.1) is 0 Å². The summed E-state index contributed by atoms with van der Waals surface area (Å²) in [4.78, 5) is 6.91. The lowest BCUT2D eigenvalue weighted by molar-refractivity contribution is -0.0188. The van der Waals surface area contributed by atoms with Crippen LogP contribution in [-0.2, 0) is 17.7 Å². The smallest absolute Gasteiger partial charge is 0.110 e. The molecule has 1 aliphatic heterocycles. The number of imidazole rings is 1. The van der Waals surface area contributed by atoms with E-state index in [1.165, 1.54) is 0 Å². The number of rotatable bonds is 6. The number of hydrogen-bond acceptors (Lipinski definition) is 4. The largest absolute Gasteiger partial charge is 0.379 e. The Morgan fingerprint density at radius 1 is 1.40 bits per heavy atom. The van der Waals surface area contributed by atoms with Crippen molar-refractivity contribution in [3.63, 3.8) is 0 Å². The minimum Gasteiger partial charge on any atom is -0.379 e. The van der Waals surface area contributed by atoms with E-state index in [1.54, 1.807) is 0 Å². The standard InChI is InChI=1S/C15H28N4O/c1-4-6-18-7-5-17-14(18)12-13(16)15(2,3)19-8-10-20-11-9-19/h5,7,13H,4,6,8-12,16H2,1-3H3. The Morgan fingerprint density at radius 2 is 2.10 bits per heavy atom. The van der Waals surface area contributed by atoms with Crippen molar-refractivity contribution in [3.8, 4) is 0 Å². The van der Waals surface area contributed by atoms with Crippen molar-refractivity contribution in [1.29, 1.82) is 0 Å². The van der Waals surface area contributed by atoms with Crippen LogP contribution in [0.5, 0.6) is 0 Å². The number of ether oxygens (including phenoxy) is 1. The molecule has 1 unspecified atom stereocenters.